The first-order chi connectivity index (χ1) is 11.3. The second-order valence-corrected chi connectivity index (χ2v) is 7.21. The molecular weight excluding hydrogens is 346 g/mol. The van der Waals surface area contributed by atoms with Gasteiger partial charge in [-0.1, -0.05) is 0 Å². The molecule has 8 N–H and O–H groups in total. The SMILES string of the molecule is CO[C@H]1O[C@H](CO)[C@@H](O)[C@H](O)[C@@H]1N[C@H]1S[C@@H]([C@H](O)CO)[C@H](O)[C@H]1O. The van der Waals surface area contributed by atoms with Gasteiger partial charge in [0.15, 0.2) is 6.29 Å². The first kappa shape index (κ1) is 20.3. The van der Waals surface area contributed by atoms with Crippen molar-refractivity contribution in [3.63, 3.8) is 0 Å². The molecule has 2 aliphatic heterocycles. The molecule has 11 heteroatoms. The zero-order valence-electron chi connectivity index (χ0n) is 13.0. The van der Waals surface area contributed by atoms with Gasteiger partial charge in [-0.2, -0.15) is 0 Å². The Balaban J connectivity index is 2.08. The maximum Gasteiger partial charge on any atom is 0.175 e. The van der Waals surface area contributed by atoms with Crippen molar-refractivity contribution >= 4 is 11.8 Å². The van der Waals surface area contributed by atoms with Crippen molar-refractivity contribution in [3.8, 4) is 0 Å². The van der Waals surface area contributed by atoms with Gasteiger partial charge in [0.1, 0.15) is 24.4 Å². The fourth-order valence-corrected chi connectivity index (χ4v) is 4.40. The molecule has 0 aromatic carbocycles. The first-order valence-electron chi connectivity index (χ1n) is 7.57. The van der Waals surface area contributed by atoms with Crippen LogP contribution in [0.25, 0.3) is 0 Å². The van der Waals surface area contributed by atoms with Crippen LogP contribution in [0.5, 0.6) is 0 Å². The van der Waals surface area contributed by atoms with E-state index in [2.05, 4.69) is 5.32 Å². The van der Waals surface area contributed by atoms with Crippen LogP contribution in [0, 0.1) is 0 Å². The molecule has 24 heavy (non-hydrogen) atoms. The summed E-state index contributed by atoms with van der Waals surface area (Å²) in [6.07, 6.45) is -8.53. The summed E-state index contributed by atoms with van der Waals surface area (Å²) in [5.74, 6) is 0. The van der Waals surface area contributed by atoms with Crippen molar-refractivity contribution in [2.45, 2.75) is 59.6 Å². The quantitative estimate of drug-likeness (QED) is 0.226. The lowest BCUT2D eigenvalue weighted by Crippen LogP contribution is -2.65. The molecule has 0 unspecified atom stereocenters. The van der Waals surface area contributed by atoms with Crippen LogP contribution >= 0.6 is 11.8 Å². The van der Waals surface area contributed by atoms with Crippen LogP contribution in [0.1, 0.15) is 0 Å². The number of thioether (sulfide) groups is 1. The number of hydrogen-bond acceptors (Lipinski definition) is 11. The lowest BCUT2D eigenvalue weighted by molar-refractivity contribution is -0.264. The topological polar surface area (TPSA) is 172 Å². The van der Waals surface area contributed by atoms with Gasteiger partial charge in [0, 0.05) is 7.11 Å². The average molecular weight is 371 g/mol. The molecule has 10 atom stereocenters. The number of ether oxygens (including phenoxy) is 2. The molecule has 2 saturated heterocycles. The Morgan fingerprint density at radius 2 is 1.75 bits per heavy atom. The predicted molar refractivity (Wildman–Crippen MR) is 82.0 cm³/mol. The van der Waals surface area contributed by atoms with Crippen molar-refractivity contribution < 1.29 is 45.2 Å². The summed E-state index contributed by atoms with van der Waals surface area (Å²) in [4.78, 5) is 0. The molecular formula is C13H25NO9S. The van der Waals surface area contributed by atoms with Crippen LogP contribution in [-0.4, -0.2) is 116 Å². The van der Waals surface area contributed by atoms with Gasteiger partial charge in [-0.15, -0.1) is 11.8 Å². The summed E-state index contributed by atoms with van der Waals surface area (Å²) in [5.41, 5.74) is 0. The molecule has 142 valence electrons. The summed E-state index contributed by atoms with van der Waals surface area (Å²) >= 11 is 1.00. The van der Waals surface area contributed by atoms with E-state index in [0.717, 1.165) is 11.8 Å². The normalized spacial score (nSPS) is 47.8. The Hall–Kier alpha value is -0.0500. The molecule has 0 amide bonds. The number of aliphatic hydroxyl groups excluding tert-OH is 7. The summed E-state index contributed by atoms with van der Waals surface area (Å²) in [6.45, 7) is -1.07. The zero-order chi connectivity index (χ0) is 18.0. The smallest absolute Gasteiger partial charge is 0.175 e. The highest BCUT2D eigenvalue weighted by Crippen LogP contribution is 2.36. The number of aliphatic hydroxyl groups is 7. The van der Waals surface area contributed by atoms with E-state index >= 15 is 0 Å². The minimum absolute atomic E-state index is 0.505. The monoisotopic (exact) mass is 371 g/mol. The third-order valence-corrected chi connectivity index (χ3v) is 5.95. The molecule has 0 spiro atoms. The van der Waals surface area contributed by atoms with E-state index in [-0.39, 0.29) is 0 Å². The van der Waals surface area contributed by atoms with Crippen LogP contribution in [0.15, 0.2) is 0 Å². The summed E-state index contributed by atoms with van der Waals surface area (Å²) in [6, 6.07) is -0.947. The van der Waals surface area contributed by atoms with Crippen LogP contribution in [0.4, 0.5) is 0 Å². The highest BCUT2D eigenvalue weighted by Gasteiger charge is 2.50. The van der Waals surface area contributed by atoms with Gasteiger partial charge in [0.2, 0.25) is 0 Å². The third-order valence-electron chi connectivity index (χ3n) is 4.34. The molecule has 2 heterocycles. The largest absolute Gasteiger partial charge is 0.394 e. The molecule has 0 aliphatic carbocycles. The van der Waals surface area contributed by atoms with E-state index in [1.807, 2.05) is 0 Å². The number of rotatable bonds is 6. The standard InChI is InChI=1S/C13H25NO9S/c1-22-13-6(8(19)7(18)5(3-16)23-13)14-12-10(21)9(20)11(24-12)4(17)2-15/h4-21H,2-3H2,1H3/t4-,5-,6+,7-,8-,9-,10-,11+,12+,13+/m1/s1. The van der Waals surface area contributed by atoms with Crippen molar-refractivity contribution in [2.24, 2.45) is 0 Å². The number of nitrogens with one attached hydrogen (secondary N) is 1. The highest BCUT2D eigenvalue weighted by atomic mass is 32.2. The van der Waals surface area contributed by atoms with Gasteiger partial charge >= 0.3 is 0 Å². The maximum absolute atomic E-state index is 10.2. The van der Waals surface area contributed by atoms with E-state index in [9.17, 15) is 25.5 Å². The zero-order valence-corrected chi connectivity index (χ0v) is 13.9. The highest BCUT2D eigenvalue weighted by molar-refractivity contribution is 8.00. The second-order valence-electron chi connectivity index (χ2n) is 5.89. The number of methoxy groups -OCH3 is 1. The van der Waals surface area contributed by atoms with Gasteiger partial charge in [-0.3, -0.25) is 5.32 Å². The summed E-state index contributed by atoms with van der Waals surface area (Å²) < 4.78 is 10.5. The first-order valence-corrected chi connectivity index (χ1v) is 8.51. The van der Waals surface area contributed by atoms with Gasteiger partial charge in [0.25, 0.3) is 0 Å². The van der Waals surface area contributed by atoms with Gasteiger partial charge in [-0.05, 0) is 0 Å². The van der Waals surface area contributed by atoms with Crippen molar-refractivity contribution in [2.75, 3.05) is 20.3 Å². The van der Waals surface area contributed by atoms with Gasteiger partial charge in [-0.25, -0.2) is 0 Å². The fourth-order valence-electron chi connectivity index (χ4n) is 2.91. The van der Waals surface area contributed by atoms with E-state index in [0.29, 0.717) is 0 Å². The summed E-state index contributed by atoms with van der Waals surface area (Å²) in [7, 11) is 1.32. The maximum atomic E-state index is 10.2. The minimum atomic E-state index is -1.37. The molecule has 2 rings (SSSR count). The van der Waals surface area contributed by atoms with Crippen molar-refractivity contribution in [1.82, 2.24) is 5.32 Å². The van der Waals surface area contributed by atoms with E-state index in [1.54, 1.807) is 0 Å². The predicted octanol–water partition coefficient (Wildman–Crippen LogP) is -4.45. The fraction of sp³-hybridized carbons (Fsp3) is 1.00. The van der Waals surface area contributed by atoms with Crippen molar-refractivity contribution in [1.29, 1.82) is 0 Å². The third kappa shape index (κ3) is 3.86. The molecule has 0 radical (unpaired) electrons. The van der Waals surface area contributed by atoms with E-state index in [4.69, 9.17) is 19.7 Å². The van der Waals surface area contributed by atoms with Gasteiger partial charge < -0.3 is 45.2 Å². The molecule has 2 fully saturated rings. The molecule has 0 aromatic heterocycles. The van der Waals surface area contributed by atoms with Gasteiger partial charge in [0.05, 0.1) is 42.1 Å². The Morgan fingerprint density at radius 1 is 1.08 bits per heavy atom. The second kappa shape index (κ2) is 8.56. The number of hydrogen-bond donors (Lipinski definition) is 8. The van der Waals surface area contributed by atoms with E-state index < -0.39 is 72.8 Å². The van der Waals surface area contributed by atoms with Crippen LogP contribution in [0.2, 0.25) is 0 Å². The Morgan fingerprint density at radius 3 is 2.29 bits per heavy atom. The Labute approximate surface area is 143 Å². The lowest BCUT2D eigenvalue weighted by Gasteiger charge is -2.43. The van der Waals surface area contributed by atoms with Crippen LogP contribution < -0.4 is 5.32 Å². The van der Waals surface area contributed by atoms with Crippen molar-refractivity contribution in [3.05, 3.63) is 0 Å². The molecule has 2 aliphatic rings. The molecule has 10 nitrogen and oxygen atoms in total. The Bertz CT molecular complexity index is 404. The molecule has 0 bridgehead atoms. The van der Waals surface area contributed by atoms with Crippen LogP contribution in [0.3, 0.4) is 0 Å². The minimum Gasteiger partial charge on any atom is -0.394 e. The molecule has 0 saturated carbocycles. The lowest BCUT2D eigenvalue weighted by atomic mass is 9.96. The summed E-state index contributed by atoms with van der Waals surface area (Å²) in [5, 5.41) is 69.4. The Kier molecular flexibility index (Phi) is 7.22. The van der Waals surface area contributed by atoms with Crippen LogP contribution in [-0.2, 0) is 9.47 Å². The molecule has 0 aromatic rings. The van der Waals surface area contributed by atoms with E-state index in [1.165, 1.54) is 7.11 Å². The average Bonchev–Trinajstić information content (AvgIpc) is 2.87.